The van der Waals surface area contributed by atoms with Crippen molar-refractivity contribution in [3.63, 3.8) is 0 Å². The van der Waals surface area contributed by atoms with Gasteiger partial charge in [0.05, 0.1) is 11.5 Å². The number of carbonyl (C=O) groups excluding carboxylic acids is 1. The highest BCUT2D eigenvalue weighted by Gasteiger charge is 2.66. The fraction of sp³-hybridized carbons (Fsp3) is 0.889. The van der Waals surface area contributed by atoms with Gasteiger partial charge in [-0.15, -0.1) is 0 Å². The third-order valence-electron chi connectivity index (χ3n) is 3.71. The van der Waals surface area contributed by atoms with E-state index in [0.717, 1.165) is 25.9 Å². The van der Waals surface area contributed by atoms with Crippen molar-refractivity contribution in [2.45, 2.75) is 31.8 Å². The summed E-state index contributed by atoms with van der Waals surface area (Å²) in [6.07, 6.45) is 4.77. The van der Waals surface area contributed by atoms with Crippen molar-refractivity contribution >= 4 is 5.78 Å². The second-order valence-corrected chi connectivity index (χ2v) is 4.06. The largest absolute Gasteiger partial charge is 0.376 e. The number of hydrogen-bond donors (Lipinski definition) is 0. The number of ketones is 1. The van der Waals surface area contributed by atoms with Crippen LogP contribution in [0.2, 0.25) is 0 Å². The topological polar surface area (TPSA) is 26.3 Å². The first-order valence-corrected chi connectivity index (χ1v) is 4.50. The van der Waals surface area contributed by atoms with Crippen LogP contribution < -0.4 is 0 Å². The summed E-state index contributed by atoms with van der Waals surface area (Å²) in [5.74, 6) is 0.821. The lowest BCUT2D eigenvalue weighted by Crippen LogP contribution is -2.63. The smallest absolute Gasteiger partial charge is 0.147 e. The number of fused-ring (bicyclic) bond motifs is 2. The summed E-state index contributed by atoms with van der Waals surface area (Å²) in [4.78, 5) is 11.6. The highest BCUT2D eigenvalue weighted by molar-refractivity contribution is 5.96. The molecule has 3 rings (SSSR count). The van der Waals surface area contributed by atoms with E-state index < -0.39 is 0 Å². The molecule has 0 aromatic rings. The SMILES string of the molecule is O=C1C2CCOC2C12CCC2. The lowest BCUT2D eigenvalue weighted by Gasteiger charge is -2.55. The van der Waals surface area contributed by atoms with Crippen molar-refractivity contribution in [3.05, 3.63) is 0 Å². The van der Waals surface area contributed by atoms with Crippen LogP contribution in [0.3, 0.4) is 0 Å². The quantitative estimate of drug-likeness (QED) is 0.520. The molecule has 2 atom stereocenters. The summed E-state index contributed by atoms with van der Waals surface area (Å²) in [6, 6.07) is 0. The molecule has 1 heterocycles. The van der Waals surface area contributed by atoms with Crippen LogP contribution in [0.5, 0.6) is 0 Å². The minimum absolute atomic E-state index is 0.0428. The van der Waals surface area contributed by atoms with E-state index in [1.54, 1.807) is 0 Å². The summed E-state index contributed by atoms with van der Waals surface area (Å²) in [6.45, 7) is 0.822. The number of rotatable bonds is 0. The first-order chi connectivity index (χ1) is 5.34. The lowest BCUT2D eigenvalue weighted by atomic mass is 9.49. The molecule has 0 N–H and O–H groups in total. The number of Topliss-reactive ketones (excluding diaryl/α,β-unsaturated/α-hetero) is 1. The van der Waals surface area contributed by atoms with E-state index >= 15 is 0 Å². The minimum Gasteiger partial charge on any atom is -0.376 e. The van der Waals surface area contributed by atoms with Gasteiger partial charge in [-0.3, -0.25) is 4.79 Å². The van der Waals surface area contributed by atoms with E-state index in [1.165, 1.54) is 6.42 Å². The van der Waals surface area contributed by atoms with E-state index in [4.69, 9.17) is 4.74 Å². The highest BCUT2D eigenvalue weighted by atomic mass is 16.5. The number of carbonyl (C=O) groups is 1. The monoisotopic (exact) mass is 152 g/mol. The zero-order chi connectivity index (χ0) is 7.47. The van der Waals surface area contributed by atoms with Crippen LogP contribution in [0.15, 0.2) is 0 Å². The van der Waals surface area contributed by atoms with E-state index in [2.05, 4.69) is 0 Å². The maximum Gasteiger partial charge on any atom is 0.147 e. The van der Waals surface area contributed by atoms with E-state index in [9.17, 15) is 4.79 Å². The van der Waals surface area contributed by atoms with Crippen LogP contribution in [-0.2, 0) is 9.53 Å². The van der Waals surface area contributed by atoms with E-state index in [1.807, 2.05) is 0 Å². The van der Waals surface area contributed by atoms with Crippen molar-refractivity contribution in [3.8, 4) is 0 Å². The number of ether oxygens (including phenoxy) is 1. The molecule has 2 unspecified atom stereocenters. The van der Waals surface area contributed by atoms with Gasteiger partial charge in [-0.1, -0.05) is 6.42 Å². The first kappa shape index (κ1) is 6.18. The average Bonchev–Trinajstić information content (AvgIpc) is 2.29. The molecule has 11 heavy (non-hydrogen) atoms. The molecule has 0 radical (unpaired) electrons. The first-order valence-electron chi connectivity index (χ1n) is 4.50. The van der Waals surface area contributed by atoms with E-state index in [0.29, 0.717) is 17.8 Å². The molecule has 2 nitrogen and oxygen atoms in total. The van der Waals surface area contributed by atoms with Gasteiger partial charge in [0.25, 0.3) is 0 Å². The summed E-state index contributed by atoms with van der Waals surface area (Å²) >= 11 is 0. The maximum atomic E-state index is 11.6. The van der Waals surface area contributed by atoms with Gasteiger partial charge in [0.1, 0.15) is 5.78 Å². The molecule has 3 aliphatic rings. The molecular weight excluding hydrogens is 140 g/mol. The average molecular weight is 152 g/mol. The van der Waals surface area contributed by atoms with Crippen LogP contribution in [0, 0.1) is 11.3 Å². The molecule has 0 amide bonds. The summed E-state index contributed by atoms with van der Waals surface area (Å²) in [5.41, 5.74) is 0.0428. The van der Waals surface area contributed by atoms with Crippen molar-refractivity contribution in [2.75, 3.05) is 6.61 Å². The molecule has 0 aromatic heterocycles. The second kappa shape index (κ2) is 1.69. The Morgan fingerprint density at radius 3 is 2.91 bits per heavy atom. The number of hydrogen-bond acceptors (Lipinski definition) is 2. The van der Waals surface area contributed by atoms with Crippen molar-refractivity contribution in [1.29, 1.82) is 0 Å². The molecule has 2 saturated carbocycles. The molecule has 0 bridgehead atoms. The highest BCUT2D eigenvalue weighted by Crippen LogP contribution is 2.59. The zero-order valence-corrected chi connectivity index (χ0v) is 6.51. The van der Waals surface area contributed by atoms with Gasteiger partial charge in [-0.25, -0.2) is 0 Å². The summed E-state index contributed by atoms with van der Waals surface area (Å²) < 4.78 is 5.56. The molecule has 1 saturated heterocycles. The van der Waals surface area contributed by atoms with Gasteiger partial charge in [-0.2, -0.15) is 0 Å². The molecule has 0 aromatic carbocycles. The van der Waals surface area contributed by atoms with Gasteiger partial charge in [0.15, 0.2) is 0 Å². The van der Waals surface area contributed by atoms with Gasteiger partial charge < -0.3 is 4.74 Å². The van der Waals surface area contributed by atoms with Crippen LogP contribution in [0.25, 0.3) is 0 Å². The summed E-state index contributed by atoms with van der Waals surface area (Å²) in [5, 5.41) is 0. The minimum atomic E-state index is 0.0428. The predicted octanol–water partition coefficient (Wildman–Crippen LogP) is 1.14. The Bertz CT molecular complexity index is 218. The van der Waals surface area contributed by atoms with Gasteiger partial charge >= 0.3 is 0 Å². The molecule has 1 aliphatic heterocycles. The van der Waals surface area contributed by atoms with Crippen molar-refractivity contribution in [2.24, 2.45) is 11.3 Å². The van der Waals surface area contributed by atoms with Crippen LogP contribution in [0.1, 0.15) is 25.7 Å². The third kappa shape index (κ3) is 0.496. The lowest BCUT2D eigenvalue weighted by molar-refractivity contribution is -0.178. The van der Waals surface area contributed by atoms with Gasteiger partial charge in [0, 0.05) is 12.5 Å². The summed E-state index contributed by atoms with van der Waals surface area (Å²) in [7, 11) is 0. The van der Waals surface area contributed by atoms with Crippen molar-refractivity contribution in [1.82, 2.24) is 0 Å². The Balaban J connectivity index is 1.92. The van der Waals surface area contributed by atoms with E-state index in [-0.39, 0.29) is 5.41 Å². The molecule has 1 spiro atoms. The fourth-order valence-electron chi connectivity index (χ4n) is 2.90. The van der Waals surface area contributed by atoms with Gasteiger partial charge in [-0.05, 0) is 19.3 Å². The molecule has 60 valence electrons. The predicted molar refractivity (Wildman–Crippen MR) is 39.1 cm³/mol. The van der Waals surface area contributed by atoms with Crippen LogP contribution in [-0.4, -0.2) is 18.5 Å². The Hall–Kier alpha value is -0.370. The Morgan fingerprint density at radius 2 is 2.27 bits per heavy atom. The molecular formula is C9H12O2. The fourth-order valence-corrected chi connectivity index (χ4v) is 2.90. The zero-order valence-electron chi connectivity index (χ0n) is 6.51. The molecule has 2 aliphatic carbocycles. The van der Waals surface area contributed by atoms with Crippen LogP contribution in [0.4, 0.5) is 0 Å². The Kier molecular flexibility index (Phi) is 0.947. The maximum absolute atomic E-state index is 11.6. The van der Waals surface area contributed by atoms with Crippen molar-refractivity contribution < 1.29 is 9.53 Å². The molecule has 3 fully saturated rings. The molecule has 2 heteroatoms. The Morgan fingerprint density at radius 1 is 1.45 bits per heavy atom. The second-order valence-electron chi connectivity index (χ2n) is 4.06. The van der Waals surface area contributed by atoms with Gasteiger partial charge in [0.2, 0.25) is 0 Å². The normalized spacial score (nSPS) is 44.9. The third-order valence-corrected chi connectivity index (χ3v) is 3.71. The standard InChI is InChI=1S/C9H12O2/c10-7-6-2-5-11-8(6)9(7)3-1-4-9/h6,8H,1-5H2. The van der Waals surface area contributed by atoms with Crippen LogP contribution >= 0.6 is 0 Å². The Labute approximate surface area is 65.9 Å².